The zero-order chi connectivity index (χ0) is 15.0. The molecule has 2 aromatic rings. The first-order valence-electron chi connectivity index (χ1n) is 7.45. The molecule has 5 nitrogen and oxygen atoms in total. The quantitative estimate of drug-likeness (QED) is 0.942. The first-order valence-corrected chi connectivity index (χ1v) is 8.33. The molecule has 0 spiro atoms. The van der Waals surface area contributed by atoms with Crippen molar-refractivity contribution in [2.75, 3.05) is 25.1 Å². The molecule has 3 heterocycles. The van der Waals surface area contributed by atoms with Gasteiger partial charge < -0.3 is 15.0 Å². The summed E-state index contributed by atoms with van der Waals surface area (Å²) in [5, 5.41) is 5.67. The fourth-order valence-corrected chi connectivity index (χ4v) is 3.43. The molecule has 1 unspecified atom stereocenters. The van der Waals surface area contributed by atoms with Gasteiger partial charge in [-0.25, -0.2) is 4.98 Å². The summed E-state index contributed by atoms with van der Waals surface area (Å²) in [6.45, 7) is 9.35. The van der Waals surface area contributed by atoms with Crippen molar-refractivity contribution < 1.29 is 4.74 Å². The van der Waals surface area contributed by atoms with Crippen LogP contribution < -0.4 is 10.2 Å². The average Bonchev–Trinajstić information content (AvgIpc) is 3.10. The number of thiazole rings is 1. The van der Waals surface area contributed by atoms with Crippen molar-refractivity contribution >= 4 is 22.1 Å². The average molecular weight is 308 g/mol. The van der Waals surface area contributed by atoms with E-state index in [0.717, 1.165) is 36.8 Å². The fraction of sp³-hybridized carbons (Fsp3) is 0.667. The minimum Gasteiger partial charge on any atom is -0.380 e. The Morgan fingerprint density at radius 1 is 1.48 bits per heavy atom. The molecule has 1 saturated heterocycles. The van der Waals surface area contributed by atoms with Gasteiger partial charge in [-0.3, -0.25) is 4.40 Å². The molecule has 6 heteroatoms. The third kappa shape index (κ3) is 3.07. The Balaban J connectivity index is 1.89. The van der Waals surface area contributed by atoms with Gasteiger partial charge in [0.2, 0.25) is 0 Å². The Morgan fingerprint density at radius 2 is 2.29 bits per heavy atom. The topological polar surface area (TPSA) is 41.8 Å². The minimum atomic E-state index is 0.0948. The van der Waals surface area contributed by atoms with Crippen LogP contribution in [0.2, 0.25) is 0 Å². The van der Waals surface area contributed by atoms with E-state index in [2.05, 4.69) is 47.0 Å². The van der Waals surface area contributed by atoms with Gasteiger partial charge in [0.25, 0.3) is 0 Å². The second kappa shape index (κ2) is 5.59. The van der Waals surface area contributed by atoms with Crippen molar-refractivity contribution in [3.63, 3.8) is 0 Å². The molecule has 2 aromatic heterocycles. The molecule has 116 valence electrons. The van der Waals surface area contributed by atoms with E-state index in [1.807, 2.05) is 0 Å². The smallest absolute Gasteiger partial charge is 0.195 e. The van der Waals surface area contributed by atoms with Gasteiger partial charge in [-0.05, 0) is 27.2 Å². The molecule has 1 atom stereocenters. The Kier molecular flexibility index (Phi) is 3.94. The first kappa shape index (κ1) is 14.8. The summed E-state index contributed by atoms with van der Waals surface area (Å²) in [7, 11) is 1.79. The van der Waals surface area contributed by atoms with E-state index in [9.17, 15) is 0 Å². The molecule has 0 bridgehead atoms. The van der Waals surface area contributed by atoms with Gasteiger partial charge in [-0.2, -0.15) is 0 Å². The predicted molar refractivity (Wildman–Crippen MR) is 87.3 cm³/mol. The summed E-state index contributed by atoms with van der Waals surface area (Å²) in [4.78, 5) is 8.26. The van der Waals surface area contributed by atoms with Crippen molar-refractivity contribution in [2.45, 2.75) is 45.4 Å². The van der Waals surface area contributed by atoms with Gasteiger partial charge in [-0.15, -0.1) is 11.3 Å². The molecule has 1 N–H and O–H groups in total. The molecule has 21 heavy (non-hydrogen) atoms. The monoisotopic (exact) mass is 308 g/mol. The SMILES string of the molecule is COC1CCN(c2nc3sccn3c2CNC(C)(C)C)C1. The molecule has 1 aliphatic rings. The van der Waals surface area contributed by atoms with Gasteiger partial charge in [0.05, 0.1) is 11.8 Å². The van der Waals surface area contributed by atoms with E-state index in [1.54, 1.807) is 18.4 Å². The Labute approximate surface area is 129 Å². The highest BCUT2D eigenvalue weighted by Gasteiger charge is 2.27. The molecule has 0 amide bonds. The van der Waals surface area contributed by atoms with E-state index in [1.165, 1.54) is 5.69 Å². The summed E-state index contributed by atoms with van der Waals surface area (Å²) in [5.41, 5.74) is 1.34. The summed E-state index contributed by atoms with van der Waals surface area (Å²) >= 11 is 1.69. The minimum absolute atomic E-state index is 0.0948. The lowest BCUT2D eigenvalue weighted by Gasteiger charge is -2.22. The van der Waals surface area contributed by atoms with Crippen LogP contribution >= 0.6 is 11.3 Å². The number of hydrogen-bond acceptors (Lipinski definition) is 5. The molecule has 0 aliphatic carbocycles. The third-order valence-corrected chi connectivity index (χ3v) is 4.66. The zero-order valence-electron chi connectivity index (χ0n) is 13.2. The van der Waals surface area contributed by atoms with Crippen LogP contribution in [0.15, 0.2) is 11.6 Å². The number of anilines is 1. The molecule has 1 fully saturated rings. The second-order valence-corrected chi connectivity index (χ2v) is 7.51. The number of rotatable bonds is 4. The summed E-state index contributed by atoms with van der Waals surface area (Å²) < 4.78 is 7.69. The van der Waals surface area contributed by atoms with Crippen molar-refractivity contribution in [1.82, 2.24) is 14.7 Å². The van der Waals surface area contributed by atoms with Gasteiger partial charge in [0, 0.05) is 43.9 Å². The largest absolute Gasteiger partial charge is 0.380 e. The van der Waals surface area contributed by atoms with Crippen molar-refractivity contribution in [3.8, 4) is 0 Å². The number of nitrogens with one attached hydrogen (secondary N) is 1. The van der Waals surface area contributed by atoms with Gasteiger partial charge in [0.1, 0.15) is 0 Å². The lowest BCUT2D eigenvalue weighted by Crippen LogP contribution is -2.36. The number of imidazole rings is 1. The van der Waals surface area contributed by atoms with Crippen LogP contribution in [0.4, 0.5) is 5.82 Å². The maximum Gasteiger partial charge on any atom is 0.195 e. The standard InChI is InChI=1S/C15H24N4OS/c1-15(2,3)16-9-12-13(17-14-19(12)7-8-21-14)18-6-5-11(10-18)20-4/h7-8,11,16H,5-6,9-10H2,1-4H3. The Bertz CT molecular complexity index is 613. The summed E-state index contributed by atoms with van der Waals surface area (Å²) in [5.74, 6) is 1.11. The predicted octanol–water partition coefficient (Wildman–Crippen LogP) is 2.51. The van der Waals surface area contributed by atoms with E-state index in [4.69, 9.17) is 9.72 Å². The summed E-state index contributed by atoms with van der Waals surface area (Å²) in [6, 6.07) is 0. The van der Waals surface area contributed by atoms with Crippen LogP contribution in [-0.2, 0) is 11.3 Å². The molecular weight excluding hydrogens is 284 g/mol. The zero-order valence-corrected chi connectivity index (χ0v) is 14.0. The lowest BCUT2D eigenvalue weighted by molar-refractivity contribution is 0.121. The first-order chi connectivity index (χ1) is 9.98. The Morgan fingerprint density at radius 3 is 2.95 bits per heavy atom. The van der Waals surface area contributed by atoms with Crippen LogP contribution in [0, 0.1) is 0 Å². The second-order valence-electron chi connectivity index (χ2n) is 6.63. The summed E-state index contributed by atoms with van der Waals surface area (Å²) in [6.07, 6.45) is 3.52. The van der Waals surface area contributed by atoms with E-state index in [0.29, 0.717) is 6.10 Å². The van der Waals surface area contributed by atoms with Gasteiger partial charge >= 0.3 is 0 Å². The molecule has 0 radical (unpaired) electrons. The number of nitrogens with zero attached hydrogens (tertiary/aromatic N) is 3. The number of hydrogen-bond donors (Lipinski definition) is 1. The van der Waals surface area contributed by atoms with E-state index < -0.39 is 0 Å². The van der Waals surface area contributed by atoms with Crippen LogP contribution in [0.5, 0.6) is 0 Å². The highest BCUT2D eigenvalue weighted by molar-refractivity contribution is 7.15. The highest BCUT2D eigenvalue weighted by atomic mass is 32.1. The molecule has 3 rings (SSSR count). The molecule has 0 aromatic carbocycles. The Hall–Kier alpha value is -1.11. The molecular formula is C15H24N4OS. The van der Waals surface area contributed by atoms with Gasteiger partial charge in [0.15, 0.2) is 10.8 Å². The lowest BCUT2D eigenvalue weighted by atomic mass is 10.1. The molecule has 0 saturated carbocycles. The molecule has 1 aliphatic heterocycles. The highest BCUT2D eigenvalue weighted by Crippen LogP contribution is 2.28. The van der Waals surface area contributed by atoms with Crippen LogP contribution in [0.25, 0.3) is 4.96 Å². The normalized spacial score (nSPS) is 19.8. The van der Waals surface area contributed by atoms with Crippen molar-refractivity contribution in [2.24, 2.45) is 0 Å². The van der Waals surface area contributed by atoms with Gasteiger partial charge in [-0.1, -0.05) is 0 Å². The fourth-order valence-electron chi connectivity index (χ4n) is 2.70. The number of ether oxygens (including phenoxy) is 1. The van der Waals surface area contributed by atoms with E-state index in [-0.39, 0.29) is 5.54 Å². The van der Waals surface area contributed by atoms with Crippen LogP contribution in [0.3, 0.4) is 0 Å². The van der Waals surface area contributed by atoms with Crippen molar-refractivity contribution in [1.29, 1.82) is 0 Å². The third-order valence-electron chi connectivity index (χ3n) is 3.90. The maximum atomic E-state index is 5.48. The van der Waals surface area contributed by atoms with Crippen LogP contribution in [-0.4, -0.2) is 41.2 Å². The number of fused-ring (bicyclic) bond motifs is 1. The van der Waals surface area contributed by atoms with E-state index >= 15 is 0 Å². The van der Waals surface area contributed by atoms with Crippen molar-refractivity contribution in [3.05, 3.63) is 17.3 Å². The van der Waals surface area contributed by atoms with Crippen LogP contribution in [0.1, 0.15) is 32.9 Å². The number of methoxy groups -OCH3 is 1. The number of aromatic nitrogens is 2. The maximum absolute atomic E-state index is 5.48.